The van der Waals surface area contributed by atoms with Crippen molar-refractivity contribution in [3.8, 4) is 0 Å². The predicted molar refractivity (Wildman–Crippen MR) is 110 cm³/mol. The third-order valence-electron chi connectivity index (χ3n) is 4.49. The highest BCUT2D eigenvalue weighted by molar-refractivity contribution is 7.99. The number of esters is 1. The molecule has 0 saturated heterocycles. The highest BCUT2D eigenvalue weighted by Crippen LogP contribution is 2.35. The van der Waals surface area contributed by atoms with Crippen molar-refractivity contribution in [3.05, 3.63) is 45.8 Å². The molecule has 0 fully saturated rings. The molecule has 3 rings (SSSR count). The van der Waals surface area contributed by atoms with E-state index in [1.165, 1.54) is 16.2 Å². The summed E-state index contributed by atoms with van der Waals surface area (Å²) in [5.74, 6) is 0.443. The van der Waals surface area contributed by atoms with Crippen molar-refractivity contribution >= 4 is 40.0 Å². The minimum Gasteiger partial charge on any atom is -0.462 e. The highest BCUT2D eigenvalue weighted by atomic mass is 32.2. The summed E-state index contributed by atoms with van der Waals surface area (Å²) < 4.78 is 5.26. The summed E-state index contributed by atoms with van der Waals surface area (Å²) in [4.78, 5) is 29.0. The van der Waals surface area contributed by atoms with Crippen LogP contribution in [0.25, 0.3) is 0 Å². The first-order valence-corrected chi connectivity index (χ1v) is 11.0. The van der Waals surface area contributed by atoms with Crippen molar-refractivity contribution in [2.24, 2.45) is 0 Å². The van der Waals surface area contributed by atoms with Gasteiger partial charge in [-0.25, -0.2) is 4.79 Å². The monoisotopic (exact) mass is 405 g/mol. The maximum Gasteiger partial charge on any atom is 0.341 e. The molecule has 2 heterocycles. The Morgan fingerprint density at radius 1 is 1.26 bits per heavy atom. The van der Waals surface area contributed by atoms with Crippen molar-refractivity contribution in [3.63, 3.8) is 0 Å². The van der Waals surface area contributed by atoms with Crippen LogP contribution in [0.5, 0.6) is 0 Å². The molecule has 1 atom stereocenters. The first-order valence-electron chi connectivity index (χ1n) is 9.20. The summed E-state index contributed by atoms with van der Waals surface area (Å²) in [7, 11) is 2.14. The summed E-state index contributed by atoms with van der Waals surface area (Å²) in [6.07, 6.45) is 0.824. The fourth-order valence-electron chi connectivity index (χ4n) is 3.17. The van der Waals surface area contributed by atoms with E-state index < -0.39 is 0 Å². The van der Waals surface area contributed by atoms with Crippen molar-refractivity contribution in [2.75, 3.05) is 31.3 Å². The van der Waals surface area contributed by atoms with Gasteiger partial charge in [-0.2, -0.15) is 0 Å². The summed E-state index contributed by atoms with van der Waals surface area (Å²) in [6.45, 7) is 6.05. The molecule has 0 saturated carbocycles. The summed E-state index contributed by atoms with van der Waals surface area (Å²) in [6, 6.07) is 7.55. The number of quaternary nitrogens is 1. The molecule has 1 aromatic carbocycles. The number of hydrogen-bond acceptors (Lipinski definition) is 5. The van der Waals surface area contributed by atoms with Gasteiger partial charge in [0.25, 0.3) is 5.91 Å². The number of hydrogen-bond donors (Lipinski definition) is 2. The topological polar surface area (TPSA) is 59.8 Å². The molecule has 0 bridgehead atoms. The number of thioether (sulfide) groups is 1. The molecular weight excluding hydrogens is 380 g/mol. The molecule has 144 valence electrons. The smallest absolute Gasteiger partial charge is 0.341 e. The number of likely N-dealkylation sites (N-methyl/N-ethyl adjacent to an activating group) is 1. The lowest BCUT2D eigenvalue weighted by Crippen LogP contribution is -3.08. The van der Waals surface area contributed by atoms with Gasteiger partial charge in [0.2, 0.25) is 0 Å². The van der Waals surface area contributed by atoms with E-state index >= 15 is 0 Å². The van der Waals surface area contributed by atoms with E-state index in [1.807, 2.05) is 24.3 Å². The second-order valence-corrected chi connectivity index (χ2v) is 8.92. The number of amides is 1. The SMILES string of the molecule is CCOC(=O)c1c(NC(=O)c2ccc(SCC)cc2)sc2c1CC[NH+](C)C2. The first kappa shape index (κ1) is 19.9. The van der Waals surface area contributed by atoms with Crippen LogP contribution in [0.15, 0.2) is 29.2 Å². The molecule has 5 nitrogen and oxygen atoms in total. The van der Waals surface area contributed by atoms with Gasteiger partial charge in [0.15, 0.2) is 0 Å². The number of thiophene rings is 1. The van der Waals surface area contributed by atoms with Crippen molar-refractivity contribution < 1.29 is 19.2 Å². The second-order valence-electron chi connectivity index (χ2n) is 6.47. The third kappa shape index (κ3) is 4.54. The van der Waals surface area contributed by atoms with Crippen LogP contribution < -0.4 is 10.2 Å². The first-order chi connectivity index (χ1) is 13.0. The maximum atomic E-state index is 12.7. The van der Waals surface area contributed by atoms with Crippen molar-refractivity contribution in [1.29, 1.82) is 0 Å². The van der Waals surface area contributed by atoms with Crippen molar-refractivity contribution in [1.82, 2.24) is 0 Å². The largest absolute Gasteiger partial charge is 0.462 e. The van der Waals surface area contributed by atoms with E-state index in [0.717, 1.165) is 40.6 Å². The minimum atomic E-state index is -0.348. The number of fused-ring (bicyclic) bond motifs is 1. The van der Waals surface area contributed by atoms with Gasteiger partial charge in [-0.3, -0.25) is 4.79 Å². The Morgan fingerprint density at radius 3 is 2.67 bits per heavy atom. The number of ether oxygens (including phenoxy) is 1. The average molecular weight is 406 g/mol. The Kier molecular flexibility index (Phi) is 6.57. The average Bonchev–Trinajstić information content (AvgIpc) is 2.99. The molecule has 1 aliphatic rings. The zero-order chi connectivity index (χ0) is 19.4. The molecule has 0 aliphatic carbocycles. The quantitative estimate of drug-likeness (QED) is 0.573. The van der Waals surface area contributed by atoms with Gasteiger partial charge < -0.3 is 15.0 Å². The lowest BCUT2D eigenvalue weighted by molar-refractivity contribution is -0.895. The van der Waals surface area contributed by atoms with E-state index in [-0.39, 0.29) is 11.9 Å². The number of rotatable bonds is 6. The fraction of sp³-hybridized carbons (Fsp3) is 0.400. The summed E-state index contributed by atoms with van der Waals surface area (Å²) in [5.41, 5.74) is 2.16. The van der Waals surface area contributed by atoms with E-state index in [9.17, 15) is 9.59 Å². The van der Waals surface area contributed by atoms with E-state index in [1.54, 1.807) is 18.7 Å². The molecule has 0 spiro atoms. The molecule has 7 heteroatoms. The van der Waals surface area contributed by atoms with Gasteiger partial charge in [0.05, 0.1) is 30.6 Å². The normalized spacial score (nSPS) is 15.9. The van der Waals surface area contributed by atoms with Crippen LogP contribution in [0, 0.1) is 0 Å². The van der Waals surface area contributed by atoms with Crippen LogP contribution >= 0.6 is 23.1 Å². The minimum absolute atomic E-state index is 0.201. The van der Waals surface area contributed by atoms with Gasteiger partial charge in [-0.1, -0.05) is 6.92 Å². The van der Waals surface area contributed by atoms with Crippen LogP contribution in [-0.2, 0) is 17.7 Å². The molecule has 2 N–H and O–H groups in total. The van der Waals surface area contributed by atoms with Crippen LogP contribution in [0.2, 0.25) is 0 Å². The number of carbonyl (C=O) groups excluding carboxylic acids is 2. The van der Waals surface area contributed by atoms with Gasteiger partial charge in [0.1, 0.15) is 11.5 Å². The van der Waals surface area contributed by atoms with Crippen LogP contribution in [0.4, 0.5) is 5.00 Å². The zero-order valence-electron chi connectivity index (χ0n) is 15.9. The van der Waals surface area contributed by atoms with E-state index in [0.29, 0.717) is 22.7 Å². The summed E-state index contributed by atoms with van der Waals surface area (Å²) in [5, 5.41) is 3.55. The third-order valence-corrected chi connectivity index (χ3v) is 6.53. The molecule has 2 aromatic rings. The highest BCUT2D eigenvalue weighted by Gasteiger charge is 2.30. The Morgan fingerprint density at radius 2 is 2.00 bits per heavy atom. The number of anilines is 1. The van der Waals surface area contributed by atoms with E-state index in [4.69, 9.17) is 4.74 Å². The van der Waals surface area contributed by atoms with Gasteiger partial charge in [-0.05, 0) is 42.5 Å². The number of carbonyl (C=O) groups is 2. The number of benzene rings is 1. The molecule has 0 radical (unpaired) electrons. The van der Waals surface area contributed by atoms with Crippen LogP contribution in [0.3, 0.4) is 0 Å². The van der Waals surface area contributed by atoms with Crippen molar-refractivity contribution in [2.45, 2.75) is 31.7 Å². The lowest BCUT2D eigenvalue weighted by Gasteiger charge is -2.19. The Hall–Kier alpha value is -1.83. The molecule has 1 aromatic heterocycles. The van der Waals surface area contributed by atoms with Gasteiger partial charge >= 0.3 is 5.97 Å². The van der Waals surface area contributed by atoms with Gasteiger partial charge in [-0.15, -0.1) is 23.1 Å². The fourth-order valence-corrected chi connectivity index (χ4v) is 5.18. The van der Waals surface area contributed by atoms with E-state index in [2.05, 4.69) is 19.3 Å². The molecule has 1 unspecified atom stereocenters. The van der Waals surface area contributed by atoms with Gasteiger partial charge in [0, 0.05) is 16.9 Å². The Bertz CT molecular complexity index is 830. The standard InChI is InChI=1S/C20H24N2O3S2/c1-4-25-20(24)17-15-10-11-22(3)12-16(15)27-19(17)21-18(23)13-6-8-14(9-7-13)26-5-2/h6-9H,4-5,10-12H2,1-3H3,(H,21,23)/p+1. The molecule has 27 heavy (non-hydrogen) atoms. The second kappa shape index (κ2) is 8.91. The molecule has 1 amide bonds. The molecular formula is C20H25N2O3S2+. The summed E-state index contributed by atoms with van der Waals surface area (Å²) >= 11 is 3.23. The van der Waals surface area contributed by atoms with Crippen LogP contribution in [0.1, 0.15) is 45.0 Å². The lowest BCUT2D eigenvalue weighted by atomic mass is 10.0. The molecule has 1 aliphatic heterocycles. The predicted octanol–water partition coefficient (Wildman–Crippen LogP) is 2.86. The zero-order valence-corrected chi connectivity index (χ0v) is 17.5. The number of nitrogens with one attached hydrogen (secondary N) is 2. The maximum absolute atomic E-state index is 12.7. The Labute approximate surface area is 168 Å². The Balaban J connectivity index is 1.86. The van der Waals surface area contributed by atoms with Crippen LogP contribution in [-0.4, -0.2) is 37.8 Å².